The second-order valence-electron chi connectivity index (χ2n) is 7.11. The summed E-state index contributed by atoms with van der Waals surface area (Å²) in [4.78, 5) is 24.5. The van der Waals surface area contributed by atoms with E-state index >= 15 is 0 Å². The molecule has 1 aromatic carbocycles. The van der Waals surface area contributed by atoms with E-state index in [0.717, 1.165) is 11.4 Å². The summed E-state index contributed by atoms with van der Waals surface area (Å²) in [6, 6.07) is 4.67. The number of nitrogens with zero attached hydrogens (tertiary/aromatic N) is 2. The predicted molar refractivity (Wildman–Crippen MR) is 119 cm³/mol. The molecule has 0 saturated heterocycles. The number of aromatic amines is 1. The van der Waals surface area contributed by atoms with Crippen LogP contribution in [0.2, 0.25) is 0 Å². The van der Waals surface area contributed by atoms with E-state index < -0.39 is 5.82 Å². The summed E-state index contributed by atoms with van der Waals surface area (Å²) in [6.07, 6.45) is 4.19. The first-order valence-electron chi connectivity index (χ1n) is 9.83. The fraction of sp³-hybridized carbons (Fsp3) is 0.261. The number of anilines is 1. The molecular weight excluding hydrogens is 381 g/mol. The number of nitrogens with one attached hydrogen (secondary N) is 3. The smallest absolute Gasteiger partial charge is 0.253 e. The fourth-order valence-electron chi connectivity index (χ4n) is 3.28. The van der Waals surface area contributed by atoms with Gasteiger partial charge in [0.25, 0.3) is 5.91 Å². The summed E-state index contributed by atoms with van der Waals surface area (Å²) in [5.41, 5.74) is 3.96. The number of carbonyl (C=O) groups is 1. The van der Waals surface area contributed by atoms with E-state index in [1.54, 1.807) is 24.3 Å². The van der Waals surface area contributed by atoms with Crippen LogP contribution in [0.25, 0.3) is 22.3 Å². The van der Waals surface area contributed by atoms with Crippen molar-refractivity contribution in [1.29, 1.82) is 0 Å². The largest absolute Gasteiger partial charge is 0.363 e. The minimum Gasteiger partial charge on any atom is -0.363 e. The first kappa shape index (κ1) is 21.2. The number of hydrogen-bond acceptors (Lipinski definition) is 4. The number of aryl methyl sites for hydroxylation is 1. The lowest BCUT2D eigenvalue weighted by Gasteiger charge is -2.14. The van der Waals surface area contributed by atoms with Crippen molar-refractivity contribution >= 4 is 22.8 Å². The number of fused-ring (bicyclic) bond motifs is 2. The van der Waals surface area contributed by atoms with Crippen LogP contribution >= 0.6 is 0 Å². The van der Waals surface area contributed by atoms with Crippen LogP contribution in [0.1, 0.15) is 35.6 Å². The molecule has 7 heteroatoms. The zero-order valence-electron chi connectivity index (χ0n) is 17.5. The molecule has 0 saturated carbocycles. The monoisotopic (exact) mass is 407 g/mol. The highest BCUT2D eigenvalue weighted by Crippen LogP contribution is 2.32. The molecule has 1 atom stereocenters. The quantitative estimate of drug-likeness (QED) is 0.555. The van der Waals surface area contributed by atoms with Gasteiger partial charge in [0, 0.05) is 24.7 Å². The lowest BCUT2D eigenvalue weighted by atomic mass is 10.1. The number of carbonyl (C=O) groups excluding carboxylic acids is 1. The van der Waals surface area contributed by atoms with Gasteiger partial charge in [-0.25, -0.2) is 14.4 Å². The maximum absolute atomic E-state index is 14.8. The van der Waals surface area contributed by atoms with Crippen molar-refractivity contribution in [2.45, 2.75) is 33.2 Å². The standard InChI is InChI=1S/C20H20FN5O.C3H6/c1-4-10(2)23-19-11(3)24-15-6-5-13(21)17(18(15)26-19)16-9-12-14(25-16)7-8-22-20(12)27;1-3-2/h4-6,9-10,25H,1,7-8H2,2-3H3,(H,22,27)(H,23,26);3H,1H2,2H3/t10-;/m0./s1. The van der Waals surface area contributed by atoms with Gasteiger partial charge in [-0.1, -0.05) is 12.2 Å². The first-order chi connectivity index (χ1) is 14.4. The number of halogens is 1. The lowest BCUT2D eigenvalue weighted by Crippen LogP contribution is -2.31. The van der Waals surface area contributed by atoms with Gasteiger partial charge in [-0.3, -0.25) is 4.79 Å². The van der Waals surface area contributed by atoms with E-state index in [1.165, 1.54) is 6.07 Å². The van der Waals surface area contributed by atoms with Crippen LogP contribution in [-0.2, 0) is 6.42 Å². The summed E-state index contributed by atoms with van der Waals surface area (Å²) >= 11 is 0. The van der Waals surface area contributed by atoms with Gasteiger partial charge in [-0.15, -0.1) is 13.2 Å². The van der Waals surface area contributed by atoms with Crippen molar-refractivity contribution in [3.05, 3.63) is 66.3 Å². The number of hydrogen-bond donors (Lipinski definition) is 3. The van der Waals surface area contributed by atoms with Crippen LogP contribution in [-0.4, -0.2) is 33.4 Å². The van der Waals surface area contributed by atoms with Gasteiger partial charge < -0.3 is 15.6 Å². The summed E-state index contributed by atoms with van der Waals surface area (Å²) < 4.78 is 14.8. The summed E-state index contributed by atoms with van der Waals surface area (Å²) in [7, 11) is 0. The van der Waals surface area contributed by atoms with Crippen LogP contribution in [0.4, 0.5) is 10.2 Å². The Balaban J connectivity index is 0.000000806. The van der Waals surface area contributed by atoms with Crippen molar-refractivity contribution in [3.63, 3.8) is 0 Å². The molecule has 2 aromatic heterocycles. The van der Waals surface area contributed by atoms with E-state index in [1.807, 2.05) is 20.8 Å². The van der Waals surface area contributed by atoms with Crippen LogP contribution in [0.5, 0.6) is 0 Å². The van der Waals surface area contributed by atoms with Crippen LogP contribution < -0.4 is 10.6 Å². The molecule has 1 aliphatic heterocycles. The third kappa shape index (κ3) is 4.10. The Hall–Kier alpha value is -3.48. The Morgan fingerprint density at radius 1 is 1.30 bits per heavy atom. The molecule has 0 aliphatic carbocycles. The molecular formula is C23H26FN5O. The third-order valence-corrected chi connectivity index (χ3v) is 4.75. The highest BCUT2D eigenvalue weighted by atomic mass is 19.1. The van der Waals surface area contributed by atoms with Crippen molar-refractivity contribution in [2.24, 2.45) is 0 Å². The predicted octanol–water partition coefficient (Wildman–Crippen LogP) is 4.54. The molecule has 1 aliphatic rings. The normalized spacial score (nSPS) is 13.5. The molecule has 4 rings (SSSR count). The molecule has 6 nitrogen and oxygen atoms in total. The molecule has 0 bridgehead atoms. The number of allylic oxidation sites excluding steroid dienone is 1. The van der Waals surface area contributed by atoms with E-state index in [9.17, 15) is 9.18 Å². The Bertz CT molecular complexity index is 1120. The number of benzene rings is 1. The molecule has 3 N–H and O–H groups in total. The molecule has 156 valence electrons. The van der Waals surface area contributed by atoms with Gasteiger partial charge in [0.05, 0.1) is 28.0 Å². The molecule has 0 fully saturated rings. The third-order valence-electron chi connectivity index (χ3n) is 4.75. The minimum absolute atomic E-state index is 0.00560. The highest BCUT2D eigenvalue weighted by molar-refractivity contribution is 5.99. The average Bonchev–Trinajstić information content (AvgIpc) is 3.14. The Morgan fingerprint density at radius 2 is 2.03 bits per heavy atom. The van der Waals surface area contributed by atoms with Crippen molar-refractivity contribution in [3.8, 4) is 11.3 Å². The van der Waals surface area contributed by atoms with Gasteiger partial charge >= 0.3 is 0 Å². The van der Waals surface area contributed by atoms with Gasteiger partial charge in [0.1, 0.15) is 17.2 Å². The molecule has 0 unspecified atom stereocenters. The lowest BCUT2D eigenvalue weighted by molar-refractivity contribution is 0.0946. The van der Waals surface area contributed by atoms with Crippen molar-refractivity contribution in [2.75, 3.05) is 11.9 Å². The minimum atomic E-state index is -0.414. The first-order valence-corrected chi connectivity index (χ1v) is 9.83. The van der Waals surface area contributed by atoms with Crippen molar-refractivity contribution < 1.29 is 9.18 Å². The Morgan fingerprint density at radius 3 is 2.70 bits per heavy atom. The van der Waals surface area contributed by atoms with E-state index in [0.29, 0.717) is 46.6 Å². The van der Waals surface area contributed by atoms with Gasteiger partial charge in [-0.05, 0) is 39.0 Å². The zero-order valence-corrected chi connectivity index (χ0v) is 17.5. The number of amides is 1. The summed E-state index contributed by atoms with van der Waals surface area (Å²) in [6.45, 7) is 13.4. The van der Waals surface area contributed by atoms with Crippen LogP contribution in [0.3, 0.4) is 0 Å². The highest BCUT2D eigenvalue weighted by Gasteiger charge is 2.23. The van der Waals surface area contributed by atoms with Gasteiger partial charge in [0.2, 0.25) is 0 Å². The van der Waals surface area contributed by atoms with Gasteiger partial charge in [0.15, 0.2) is 0 Å². The Labute approximate surface area is 175 Å². The molecule has 0 spiro atoms. The Kier molecular flexibility index (Phi) is 6.30. The van der Waals surface area contributed by atoms with Crippen LogP contribution in [0, 0.1) is 12.7 Å². The second-order valence-corrected chi connectivity index (χ2v) is 7.11. The van der Waals surface area contributed by atoms with E-state index in [4.69, 9.17) is 0 Å². The summed E-state index contributed by atoms with van der Waals surface area (Å²) in [5.74, 6) is 0.0154. The van der Waals surface area contributed by atoms with E-state index in [2.05, 4.69) is 38.7 Å². The van der Waals surface area contributed by atoms with Gasteiger partial charge in [-0.2, -0.15) is 0 Å². The number of H-pyrrole nitrogens is 1. The SMILES string of the molecule is C=CC.C=C[C@H](C)Nc1nc2c(-c3cc4c([nH]3)CCNC4=O)c(F)ccc2nc1C. The maximum Gasteiger partial charge on any atom is 0.253 e. The molecule has 1 amide bonds. The number of rotatable bonds is 4. The van der Waals surface area contributed by atoms with E-state index in [-0.39, 0.29) is 11.9 Å². The topological polar surface area (TPSA) is 82.7 Å². The summed E-state index contributed by atoms with van der Waals surface area (Å²) in [5, 5.41) is 6.02. The maximum atomic E-state index is 14.8. The average molecular weight is 407 g/mol. The molecule has 30 heavy (non-hydrogen) atoms. The molecule has 3 heterocycles. The fourth-order valence-corrected chi connectivity index (χ4v) is 3.28. The van der Waals surface area contributed by atoms with Crippen LogP contribution in [0.15, 0.2) is 43.5 Å². The number of aromatic nitrogens is 3. The second kappa shape index (κ2) is 8.90. The van der Waals surface area contributed by atoms with Crippen molar-refractivity contribution in [1.82, 2.24) is 20.3 Å². The zero-order chi connectivity index (χ0) is 21.8. The molecule has 3 aromatic rings. The molecule has 0 radical (unpaired) electrons.